The van der Waals surface area contributed by atoms with E-state index < -0.39 is 0 Å². The lowest BCUT2D eigenvalue weighted by atomic mass is 9.97. The zero-order valence-corrected chi connectivity index (χ0v) is 13.6. The number of nitrogens with zero attached hydrogens (tertiary/aromatic N) is 2. The first-order chi connectivity index (χ1) is 10.7. The Labute approximate surface area is 132 Å². The van der Waals surface area contributed by atoms with E-state index in [9.17, 15) is 4.79 Å². The summed E-state index contributed by atoms with van der Waals surface area (Å²) in [5.74, 6) is 0.406. The third-order valence-corrected chi connectivity index (χ3v) is 3.74. The van der Waals surface area contributed by atoms with Crippen molar-refractivity contribution in [3.05, 3.63) is 29.1 Å². The summed E-state index contributed by atoms with van der Waals surface area (Å²) in [6.07, 6.45) is 9.18. The van der Waals surface area contributed by atoms with E-state index in [1.807, 2.05) is 6.92 Å². The minimum Gasteiger partial charge on any atom is -0.354 e. The van der Waals surface area contributed by atoms with E-state index in [1.165, 1.54) is 31.3 Å². The minimum atomic E-state index is -0.124. The summed E-state index contributed by atoms with van der Waals surface area (Å²) in [5, 5.41) is 6.09. The van der Waals surface area contributed by atoms with Gasteiger partial charge in [0.15, 0.2) is 0 Å². The fourth-order valence-corrected chi connectivity index (χ4v) is 2.56. The van der Waals surface area contributed by atoms with Gasteiger partial charge in [-0.3, -0.25) is 4.79 Å². The summed E-state index contributed by atoms with van der Waals surface area (Å²) < 4.78 is 0. The molecule has 0 spiro atoms. The molecule has 0 fully saturated rings. The van der Waals surface area contributed by atoms with E-state index in [4.69, 9.17) is 0 Å². The normalized spacial score (nSPS) is 14.4. The smallest absolute Gasteiger partial charge is 0.270 e. The van der Waals surface area contributed by atoms with E-state index in [1.54, 1.807) is 6.07 Å². The average molecular weight is 302 g/mol. The summed E-state index contributed by atoms with van der Waals surface area (Å²) >= 11 is 0. The summed E-state index contributed by atoms with van der Waals surface area (Å²) in [4.78, 5) is 20.8. The van der Waals surface area contributed by atoms with E-state index >= 15 is 0 Å². The molecular weight excluding hydrogens is 276 g/mol. The Balaban J connectivity index is 1.88. The van der Waals surface area contributed by atoms with Gasteiger partial charge in [0.25, 0.3) is 5.91 Å². The van der Waals surface area contributed by atoms with Crippen LogP contribution in [0, 0.1) is 6.92 Å². The lowest BCUT2D eigenvalue weighted by molar-refractivity contribution is 0.0949. The van der Waals surface area contributed by atoms with Crippen LogP contribution < -0.4 is 10.6 Å². The maximum Gasteiger partial charge on any atom is 0.270 e. The SMILES string of the molecule is CCCNc1nc(C)cc(C(=O)NCCC2=CCCCC2)n1. The maximum absolute atomic E-state index is 12.2. The number of amides is 1. The highest BCUT2D eigenvalue weighted by Gasteiger charge is 2.11. The van der Waals surface area contributed by atoms with Gasteiger partial charge in [-0.1, -0.05) is 18.6 Å². The van der Waals surface area contributed by atoms with Crippen molar-refractivity contribution in [3.63, 3.8) is 0 Å². The summed E-state index contributed by atoms with van der Waals surface area (Å²) in [6.45, 7) is 5.43. The fraction of sp³-hybridized carbons (Fsp3) is 0.588. The number of aryl methyl sites for hydroxylation is 1. The first kappa shape index (κ1) is 16.5. The Morgan fingerprint density at radius 3 is 2.86 bits per heavy atom. The Bertz CT molecular complexity index is 539. The van der Waals surface area contributed by atoms with Crippen molar-refractivity contribution >= 4 is 11.9 Å². The standard InChI is InChI=1S/C17H26N4O/c1-3-10-19-17-20-13(2)12-15(21-17)16(22)18-11-9-14-7-5-4-6-8-14/h7,12H,3-6,8-11H2,1-2H3,(H,18,22)(H,19,20,21). The van der Waals surface area contributed by atoms with Gasteiger partial charge < -0.3 is 10.6 Å². The van der Waals surface area contributed by atoms with Gasteiger partial charge >= 0.3 is 0 Å². The van der Waals surface area contributed by atoms with Crippen molar-refractivity contribution < 1.29 is 4.79 Å². The fourth-order valence-electron chi connectivity index (χ4n) is 2.56. The van der Waals surface area contributed by atoms with E-state index in [2.05, 4.69) is 33.6 Å². The molecule has 0 aromatic carbocycles. The van der Waals surface area contributed by atoms with Crippen LogP contribution in [0.1, 0.15) is 61.6 Å². The Morgan fingerprint density at radius 1 is 1.27 bits per heavy atom. The van der Waals surface area contributed by atoms with Crippen LogP contribution in [0.5, 0.6) is 0 Å². The number of nitrogens with one attached hydrogen (secondary N) is 2. The number of allylic oxidation sites excluding steroid dienone is 1. The topological polar surface area (TPSA) is 66.9 Å². The molecule has 5 heteroatoms. The van der Waals surface area contributed by atoms with Crippen LogP contribution in [0.15, 0.2) is 17.7 Å². The first-order valence-corrected chi connectivity index (χ1v) is 8.24. The molecule has 0 atom stereocenters. The molecule has 0 aliphatic heterocycles. The molecule has 2 N–H and O–H groups in total. The summed E-state index contributed by atoms with van der Waals surface area (Å²) in [5.41, 5.74) is 2.70. The molecule has 120 valence electrons. The van der Waals surface area contributed by atoms with Crippen molar-refractivity contribution in [1.29, 1.82) is 0 Å². The lowest BCUT2D eigenvalue weighted by Crippen LogP contribution is -2.26. The Kier molecular flexibility index (Phi) is 6.37. The number of rotatable bonds is 7. The lowest BCUT2D eigenvalue weighted by Gasteiger charge is -2.13. The second kappa shape index (κ2) is 8.51. The molecule has 0 radical (unpaired) electrons. The monoisotopic (exact) mass is 302 g/mol. The van der Waals surface area contributed by atoms with Gasteiger partial charge in [-0.2, -0.15) is 0 Å². The van der Waals surface area contributed by atoms with Crippen LogP contribution in [0.2, 0.25) is 0 Å². The molecule has 1 aromatic heterocycles. The van der Waals surface area contributed by atoms with E-state index in [-0.39, 0.29) is 5.91 Å². The van der Waals surface area contributed by atoms with Crippen molar-refractivity contribution in [2.24, 2.45) is 0 Å². The third-order valence-electron chi connectivity index (χ3n) is 3.74. The van der Waals surface area contributed by atoms with E-state index in [0.29, 0.717) is 18.2 Å². The molecule has 5 nitrogen and oxygen atoms in total. The van der Waals surface area contributed by atoms with Crippen molar-refractivity contribution in [2.45, 2.75) is 52.4 Å². The second-order valence-corrected chi connectivity index (χ2v) is 5.76. The largest absolute Gasteiger partial charge is 0.354 e. The number of anilines is 1. The molecule has 1 aliphatic carbocycles. The molecule has 0 saturated carbocycles. The third kappa shape index (κ3) is 5.13. The van der Waals surface area contributed by atoms with Gasteiger partial charge in [-0.15, -0.1) is 0 Å². The van der Waals surface area contributed by atoms with Crippen molar-refractivity contribution in [3.8, 4) is 0 Å². The quantitative estimate of drug-likeness (QED) is 0.759. The zero-order valence-electron chi connectivity index (χ0n) is 13.6. The highest BCUT2D eigenvalue weighted by molar-refractivity contribution is 5.92. The molecule has 0 unspecified atom stereocenters. The molecule has 1 amide bonds. The predicted octanol–water partition coefficient (Wildman–Crippen LogP) is 3.23. The van der Waals surface area contributed by atoms with Crippen LogP contribution in [-0.4, -0.2) is 29.0 Å². The number of aromatic nitrogens is 2. The van der Waals surface area contributed by atoms with Crippen LogP contribution in [0.25, 0.3) is 0 Å². The predicted molar refractivity (Wildman–Crippen MR) is 89.1 cm³/mol. The maximum atomic E-state index is 12.2. The molecule has 0 saturated heterocycles. The zero-order chi connectivity index (χ0) is 15.8. The van der Waals surface area contributed by atoms with Crippen molar-refractivity contribution in [2.75, 3.05) is 18.4 Å². The molecule has 1 aromatic rings. The van der Waals surface area contributed by atoms with Crippen LogP contribution in [0.3, 0.4) is 0 Å². The Hall–Kier alpha value is -1.91. The van der Waals surface area contributed by atoms with Gasteiger partial charge in [0.2, 0.25) is 5.95 Å². The summed E-state index contributed by atoms with van der Waals surface area (Å²) in [7, 11) is 0. The molecule has 0 bridgehead atoms. The van der Waals surface area contributed by atoms with Crippen LogP contribution >= 0.6 is 0 Å². The van der Waals surface area contributed by atoms with Crippen LogP contribution in [0.4, 0.5) is 5.95 Å². The number of hydrogen-bond donors (Lipinski definition) is 2. The van der Waals surface area contributed by atoms with Crippen molar-refractivity contribution in [1.82, 2.24) is 15.3 Å². The minimum absolute atomic E-state index is 0.124. The molecular formula is C17H26N4O. The van der Waals surface area contributed by atoms with E-state index in [0.717, 1.165) is 25.1 Å². The van der Waals surface area contributed by atoms with Gasteiger partial charge in [0, 0.05) is 18.8 Å². The molecule has 1 aliphatic rings. The number of hydrogen-bond acceptors (Lipinski definition) is 4. The number of carbonyl (C=O) groups is 1. The van der Waals surface area contributed by atoms with Crippen LogP contribution in [-0.2, 0) is 0 Å². The Morgan fingerprint density at radius 2 is 2.14 bits per heavy atom. The molecule has 2 rings (SSSR count). The summed E-state index contributed by atoms with van der Waals surface area (Å²) in [6, 6.07) is 1.73. The first-order valence-electron chi connectivity index (χ1n) is 8.24. The highest BCUT2D eigenvalue weighted by atomic mass is 16.1. The van der Waals surface area contributed by atoms with Gasteiger partial charge in [-0.25, -0.2) is 9.97 Å². The van der Waals surface area contributed by atoms with Gasteiger partial charge in [0.05, 0.1) is 0 Å². The molecule has 22 heavy (non-hydrogen) atoms. The molecule has 1 heterocycles. The van der Waals surface area contributed by atoms with Gasteiger partial charge in [0.1, 0.15) is 5.69 Å². The van der Waals surface area contributed by atoms with Gasteiger partial charge in [-0.05, 0) is 51.5 Å². The second-order valence-electron chi connectivity index (χ2n) is 5.76. The highest BCUT2D eigenvalue weighted by Crippen LogP contribution is 2.19. The number of carbonyl (C=O) groups excluding carboxylic acids is 1. The average Bonchev–Trinajstić information content (AvgIpc) is 2.53.